The van der Waals surface area contributed by atoms with Crippen molar-refractivity contribution in [3.63, 3.8) is 0 Å². The molecule has 7 nitrogen and oxygen atoms in total. The maximum atomic E-state index is 13.2. The molecule has 0 fully saturated rings. The molecule has 0 saturated carbocycles. The smallest absolute Gasteiger partial charge is 0.261 e. The van der Waals surface area contributed by atoms with Crippen LogP contribution in [0.3, 0.4) is 0 Å². The molecule has 3 aromatic rings. The van der Waals surface area contributed by atoms with Crippen molar-refractivity contribution in [3.8, 4) is 0 Å². The van der Waals surface area contributed by atoms with Crippen molar-refractivity contribution in [1.29, 1.82) is 0 Å². The van der Waals surface area contributed by atoms with Crippen LogP contribution in [0.5, 0.6) is 0 Å². The average molecular weight is 498 g/mol. The molecule has 0 bridgehead atoms. The molecule has 1 aliphatic heterocycles. The first-order chi connectivity index (χ1) is 16.1. The fourth-order valence-electron chi connectivity index (χ4n) is 3.68. The summed E-state index contributed by atoms with van der Waals surface area (Å²) in [6.07, 6.45) is 3.06. The van der Waals surface area contributed by atoms with Crippen molar-refractivity contribution < 1.29 is 17.9 Å². The highest BCUT2D eigenvalue weighted by Gasteiger charge is 2.34. The lowest BCUT2D eigenvalue weighted by molar-refractivity contribution is 0.0834. The second kappa shape index (κ2) is 9.12. The van der Waals surface area contributed by atoms with E-state index >= 15 is 0 Å². The van der Waals surface area contributed by atoms with Gasteiger partial charge in [-0.2, -0.15) is 0 Å². The SMILES string of the molecule is Cc1cccc(C(=O)c2cc(Cl)ccc2NS(=O)(=O)c2ccc(C(C)(C)C3NC=CO3)cc2)n1. The van der Waals surface area contributed by atoms with Crippen LogP contribution < -0.4 is 10.0 Å². The van der Waals surface area contributed by atoms with Gasteiger partial charge < -0.3 is 10.1 Å². The van der Waals surface area contributed by atoms with Gasteiger partial charge in [-0.1, -0.05) is 43.6 Å². The van der Waals surface area contributed by atoms with Crippen LogP contribution in [0.25, 0.3) is 0 Å². The number of hydrogen-bond donors (Lipinski definition) is 2. The number of pyridine rings is 1. The number of carbonyl (C=O) groups is 1. The lowest BCUT2D eigenvalue weighted by atomic mass is 9.83. The van der Waals surface area contributed by atoms with Crippen LogP contribution in [-0.4, -0.2) is 25.4 Å². The minimum Gasteiger partial charge on any atom is -0.476 e. The van der Waals surface area contributed by atoms with Gasteiger partial charge >= 0.3 is 0 Å². The first-order valence-corrected chi connectivity index (χ1v) is 12.4. The lowest BCUT2D eigenvalue weighted by Gasteiger charge is -2.31. The van der Waals surface area contributed by atoms with E-state index in [2.05, 4.69) is 15.0 Å². The monoisotopic (exact) mass is 497 g/mol. The summed E-state index contributed by atoms with van der Waals surface area (Å²) in [4.78, 5) is 17.4. The fraction of sp³-hybridized carbons (Fsp3) is 0.200. The quantitative estimate of drug-likeness (QED) is 0.456. The first-order valence-electron chi connectivity index (χ1n) is 10.6. The molecule has 1 aromatic heterocycles. The molecule has 0 saturated heterocycles. The van der Waals surface area contributed by atoms with Crippen LogP contribution in [0.15, 0.2) is 78.0 Å². The van der Waals surface area contributed by atoms with E-state index in [4.69, 9.17) is 16.3 Å². The molecule has 4 rings (SSSR count). The summed E-state index contributed by atoms with van der Waals surface area (Å²) in [5.41, 5.74) is 1.61. The van der Waals surface area contributed by atoms with E-state index in [0.717, 1.165) is 5.56 Å². The molecule has 1 unspecified atom stereocenters. The summed E-state index contributed by atoms with van der Waals surface area (Å²) < 4.78 is 34.4. The highest BCUT2D eigenvalue weighted by atomic mass is 35.5. The number of aromatic nitrogens is 1. The van der Waals surface area contributed by atoms with Gasteiger partial charge in [-0.15, -0.1) is 0 Å². The summed E-state index contributed by atoms with van der Waals surface area (Å²) >= 11 is 6.11. The molecule has 2 N–H and O–H groups in total. The molecule has 1 atom stereocenters. The Morgan fingerprint density at radius 1 is 1.12 bits per heavy atom. The molecule has 0 radical (unpaired) electrons. The maximum absolute atomic E-state index is 13.2. The van der Waals surface area contributed by atoms with Gasteiger partial charge in [0.1, 0.15) is 12.0 Å². The zero-order valence-corrected chi connectivity index (χ0v) is 20.4. The van der Waals surface area contributed by atoms with Crippen LogP contribution in [0.1, 0.15) is 41.2 Å². The van der Waals surface area contributed by atoms with Gasteiger partial charge in [-0.05, 0) is 55.0 Å². The highest BCUT2D eigenvalue weighted by Crippen LogP contribution is 2.31. The summed E-state index contributed by atoms with van der Waals surface area (Å²) in [5.74, 6) is -0.432. The van der Waals surface area contributed by atoms with Crippen LogP contribution in [0.4, 0.5) is 5.69 Å². The molecule has 1 aliphatic rings. The number of hydrogen-bond acceptors (Lipinski definition) is 6. The van der Waals surface area contributed by atoms with Crippen LogP contribution in [-0.2, 0) is 20.2 Å². The molecule has 0 spiro atoms. The third kappa shape index (κ3) is 4.78. The Kier molecular flexibility index (Phi) is 6.38. The predicted molar refractivity (Wildman–Crippen MR) is 131 cm³/mol. The van der Waals surface area contributed by atoms with Crippen molar-refractivity contribution >= 4 is 33.1 Å². The molecule has 0 aliphatic carbocycles. The number of nitrogens with one attached hydrogen (secondary N) is 2. The van der Waals surface area contributed by atoms with E-state index in [1.54, 1.807) is 49.7 Å². The number of halogens is 1. The normalized spacial score (nSPS) is 15.5. The van der Waals surface area contributed by atoms with Crippen LogP contribution in [0, 0.1) is 6.92 Å². The Balaban J connectivity index is 1.62. The number of ketones is 1. The zero-order valence-electron chi connectivity index (χ0n) is 18.9. The van der Waals surface area contributed by atoms with Crippen LogP contribution in [0.2, 0.25) is 5.02 Å². The van der Waals surface area contributed by atoms with Crippen molar-refractivity contribution in [1.82, 2.24) is 10.3 Å². The Bertz CT molecular complexity index is 1360. The zero-order chi connectivity index (χ0) is 24.5. The molecule has 9 heteroatoms. The topological polar surface area (TPSA) is 97.4 Å². The van der Waals surface area contributed by atoms with Gasteiger partial charge in [-0.25, -0.2) is 13.4 Å². The molecule has 34 heavy (non-hydrogen) atoms. The Labute approximate surface area is 203 Å². The summed E-state index contributed by atoms with van der Waals surface area (Å²) in [5, 5.41) is 3.44. The molecular formula is C25H24ClN3O4S. The highest BCUT2D eigenvalue weighted by molar-refractivity contribution is 7.92. The van der Waals surface area contributed by atoms with Gasteiger partial charge in [-0.3, -0.25) is 9.52 Å². The van der Waals surface area contributed by atoms with E-state index in [0.29, 0.717) is 10.7 Å². The van der Waals surface area contributed by atoms with Crippen molar-refractivity contribution in [2.24, 2.45) is 0 Å². The summed E-state index contributed by atoms with van der Waals surface area (Å²) in [7, 11) is -3.98. The van der Waals surface area contributed by atoms with E-state index in [9.17, 15) is 13.2 Å². The minimum absolute atomic E-state index is 0.0625. The van der Waals surface area contributed by atoms with Gasteiger partial charge in [0.25, 0.3) is 10.0 Å². The molecule has 2 heterocycles. The maximum Gasteiger partial charge on any atom is 0.261 e. The van der Waals surface area contributed by atoms with Gasteiger partial charge in [0.15, 0.2) is 6.23 Å². The number of ether oxygens (including phenoxy) is 1. The second-order valence-corrected chi connectivity index (χ2v) is 10.6. The summed E-state index contributed by atoms with van der Waals surface area (Å²) in [6.45, 7) is 5.78. The third-order valence-corrected chi connectivity index (χ3v) is 7.30. The standard InChI is InChI=1S/C25H24ClN3O4S/c1-16-5-4-6-22(28-16)23(30)20-15-18(26)9-12-21(20)29-34(31,32)19-10-7-17(8-11-19)25(2,3)24-27-13-14-33-24/h4-15,24,27,29H,1-3H3. The van der Waals surface area contributed by atoms with Gasteiger partial charge in [0.05, 0.1) is 10.6 Å². The Hall–Kier alpha value is -3.36. The predicted octanol–water partition coefficient (Wildman–Crippen LogP) is 4.77. The lowest BCUT2D eigenvalue weighted by Crippen LogP contribution is -2.41. The van der Waals surface area contributed by atoms with Crippen molar-refractivity contribution in [2.75, 3.05) is 4.72 Å². The number of aryl methyl sites for hydroxylation is 1. The number of sulfonamides is 1. The fourth-order valence-corrected chi connectivity index (χ4v) is 4.93. The number of rotatable bonds is 7. The number of carbonyl (C=O) groups excluding carboxylic acids is 1. The van der Waals surface area contributed by atoms with Gasteiger partial charge in [0, 0.05) is 27.9 Å². The minimum atomic E-state index is -3.98. The van der Waals surface area contributed by atoms with E-state index in [-0.39, 0.29) is 28.1 Å². The van der Waals surface area contributed by atoms with Crippen LogP contribution >= 0.6 is 11.6 Å². The largest absolute Gasteiger partial charge is 0.476 e. The molecule has 2 aromatic carbocycles. The number of benzene rings is 2. The van der Waals surface area contributed by atoms with E-state index in [1.165, 1.54) is 30.3 Å². The van der Waals surface area contributed by atoms with Crippen molar-refractivity contribution in [2.45, 2.75) is 37.3 Å². The average Bonchev–Trinajstić information content (AvgIpc) is 3.36. The number of anilines is 1. The molecule has 0 amide bonds. The Morgan fingerprint density at radius 2 is 1.85 bits per heavy atom. The van der Waals surface area contributed by atoms with Gasteiger partial charge in [0.2, 0.25) is 5.78 Å². The number of nitrogens with zero attached hydrogens (tertiary/aromatic N) is 1. The summed E-state index contributed by atoms with van der Waals surface area (Å²) in [6, 6.07) is 16.1. The van der Waals surface area contributed by atoms with Crippen molar-refractivity contribution in [3.05, 3.63) is 101 Å². The molecular weight excluding hydrogens is 474 g/mol. The first kappa shape index (κ1) is 23.8. The van der Waals surface area contributed by atoms with E-state index < -0.39 is 21.2 Å². The Morgan fingerprint density at radius 3 is 2.50 bits per heavy atom. The molecule has 176 valence electrons. The third-order valence-electron chi connectivity index (χ3n) is 5.69. The second-order valence-electron chi connectivity index (χ2n) is 8.52. The van der Waals surface area contributed by atoms with E-state index in [1.807, 2.05) is 13.8 Å².